The molecule has 0 unspecified atom stereocenters. The van der Waals surface area contributed by atoms with Gasteiger partial charge in [0.15, 0.2) is 0 Å². The number of aliphatic hydroxyl groups excluding tert-OH is 1. The molecule has 0 aliphatic heterocycles. The van der Waals surface area contributed by atoms with Gasteiger partial charge < -0.3 is 10.0 Å². The highest BCUT2D eigenvalue weighted by Crippen LogP contribution is 2.17. The molecule has 0 aromatic heterocycles. The van der Waals surface area contributed by atoms with Crippen molar-refractivity contribution in [3.05, 3.63) is 29.8 Å². The molecule has 0 atom stereocenters. The minimum absolute atomic E-state index is 0.180. The zero-order valence-electron chi connectivity index (χ0n) is 6.59. The van der Waals surface area contributed by atoms with Crippen LogP contribution in [0.1, 0.15) is 0 Å². The molecular weight excluding hydrogens is 164 g/mol. The molecule has 0 bridgehead atoms. The largest absolute Gasteiger partial charge is 0.376 e. The van der Waals surface area contributed by atoms with Crippen LogP contribution in [0.2, 0.25) is 0 Å². The average molecular weight is 173 g/mol. The Labute approximate surface area is 69.0 Å². The van der Waals surface area contributed by atoms with Gasteiger partial charge in [0, 0.05) is 13.1 Å². The van der Waals surface area contributed by atoms with Crippen LogP contribution in [0, 0.1) is 11.6 Å². The van der Waals surface area contributed by atoms with E-state index in [1.54, 1.807) is 0 Å². The fraction of sp³-hybridized carbons (Fsp3) is 0.250. The van der Waals surface area contributed by atoms with Crippen LogP contribution in [-0.4, -0.2) is 18.9 Å². The van der Waals surface area contributed by atoms with E-state index in [0.717, 1.165) is 12.1 Å². The lowest BCUT2D eigenvalue weighted by Gasteiger charge is -2.15. The van der Waals surface area contributed by atoms with Gasteiger partial charge in [-0.25, -0.2) is 8.78 Å². The van der Waals surface area contributed by atoms with Crippen molar-refractivity contribution in [1.82, 2.24) is 0 Å². The maximum atomic E-state index is 12.9. The summed E-state index contributed by atoms with van der Waals surface area (Å²) < 4.78 is 25.3. The molecule has 1 aromatic rings. The topological polar surface area (TPSA) is 23.5 Å². The number of rotatable bonds is 2. The van der Waals surface area contributed by atoms with Gasteiger partial charge in [-0.1, -0.05) is 0 Å². The van der Waals surface area contributed by atoms with Gasteiger partial charge in [-0.2, -0.15) is 0 Å². The van der Waals surface area contributed by atoms with E-state index in [1.165, 1.54) is 18.0 Å². The van der Waals surface area contributed by atoms with E-state index in [2.05, 4.69) is 0 Å². The third-order valence-electron chi connectivity index (χ3n) is 1.53. The summed E-state index contributed by atoms with van der Waals surface area (Å²) in [5, 5.41) is 8.65. The van der Waals surface area contributed by atoms with Gasteiger partial charge in [-0.05, 0) is 12.1 Å². The lowest BCUT2D eigenvalue weighted by molar-refractivity contribution is 0.297. The highest BCUT2D eigenvalue weighted by molar-refractivity contribution is 5.46. The molecule has 1 rings (SSSR count). The Balaban J connectivity index is 3.01. The smallest absolute Gasteiger partial charge is 0.149 e. The van der Waals surface area contributed by atoms with Crippen LogP contribution in [0.4, 0.5) is 14.5 Å². The first kappa shape index (κ1) is 8.93. The average Bonchev–Trinajstić information content (AvgIpc) is 2.03. The standard InChI is InChI=1S/C8H9F2NO/c1-11(5-12)8-3-2-6(9)4-7(8)10/h2-4,12H,5H2,1H3. The number of aliphatic hydroxyl groups is 1. The lowest BCUT2D eigenvalue weighted by Crippen LogP contribution is -2.18. The normalized spacial score (nSPS) is 10.0. The molecule has 1 N–H and O–H groups in total. The Bertz CT molecular complexity index is 278. The first-order valence-corrected chi connectivity index (χ1v) is 3.42. The molecule has 0 radical (unpaired) electrons. The van der Waals surface area contributed by atoms with E-state index >= 15 is 0 Å². The summed E-state index contributed by atoms with van der Waals surface area (Å²) in [6.07, 6.45) is 0. The zero-order valence-corrected chi connectivity index (χ0v) is 6.59. The van der Waals surface area contributed by atoms with Crippen molar-refractivity contribution in [2.45, 2.75) is 0 Å². The van der Waals surface area contributed by atoms with Crippen LogP contribution < -0.4 is 4.90 Å². The molecule has 0 spiro atoms. The molecule has 0 fully saturated rings. The van der Waals surface area contributed by atoms with Crippen LogP contribution in [0.5, 0.6) is 0 Å². The summed E-state index contributed by atoms with van der Waals surface area (Å²) in [6, 6.07) is 3.20. The Morgan fingerprint density at radius 3 is 2.58 bits per heavy atom. The number of anilines is 1. The maximum absolute atomic E-state index is 12.9. The highest BCUT2D eigenvalue weighted by atomic mass is 19.1. The van der Waals surface area contributed by atoms with Gasteiger partial charge in [0.05, 0.1) is 5.69 Å². The molecule has 0 aliphatic carbocycles. The molecule has 4 heteroatoms. The summed E-state index contributed by atoms with van der Waals surface area (Å²) >= 11 is 0. The van der Waals surface area contributed by atoms with Crippen LogP contribution in [0.3, 0.4) is 0 Å². The molecular formula is C8H9F2NO. The number of nitrogens with zero attached hydrogens (tertiary/aromatic N) is 1. The van der Waals surface area contributed by atoms with Gasteiger partial charge >= 0.3 is 0 Å². The quantitative estimate of drug-likeness (QED) is 0.682. The molecule has 66 valence electrons. The first-order chi connectivity index (χ1) is 5.65. The molecule has 0 aliphatic rings. The van der Waals surface area contributed by atoms with Crippen molar-refractivity contribution in [1.29, 1.82) is 0 Å². The Hall–Kier alpha value is -1.16. The second-order valence-electron chi connectivity index (χ2n) is 2.44. The first-order valence-electron chi connectivity index (χ1n) is 3.42. The van der Waals surface area contributed by atoms with Crippen molar-refractivity contribution in [3.63, 3.8) is 0 Å². The van der Waals surface area contributed by atoms with E-state index in [4.69, 9.17) is 5.11 Å². The fourth-order valence-electron chi connectivity index (χ4n) is 0.867. The lowest BCUT2D eigenvalue weighted by atomic mass is 10.3. The van der Waals surface area contributed by atoms with E-state index in [-0.39, 0.29) is 12.4 Å². The summed E-state index contributed by atoms with van der Waals surface area (Å²) in [7, 11) is 1.51. The monoisotopic (exact) mass is 173 g/mol. The molecule has 0 saturated heterocycles. The van der Waals surface area contributed by atoms with Crippen LogP contribution >= 0.6 is 0 Å². The number of benzene rings is 1. The third kappa shape index (κ3) is 1.71. The Morgan fingerprint density at radius 1 is 1.42 bits per heavy atom. The van der Waals surface area contributed by atoms with Gasteiger partial charge in [0.25, 0.3) is 0 Å². The highest BCUT2D eigenvalue weighted by Gasteiger charge is 2.06. The van der Waals surface area contributed by atoms with Crippen molar-refractivity contribution in [2.75, 3.05) is 18.7 Å². The minimum Gasteiger partial charge on any atom is -0.376 e. The van der Waals surface area contributed by atoms with Crippen molar-refractivity contribution in [3.8, 4) is 0 Å². The third-order valence-corrected chi connectivity index (χ3v) is 1.53. The molecule has 12 heavy (non-hydrogen) atoms. The fourth-order valence-corrected chi connectivity index (χ4v) is 0.867. The molecule has 0 saturated carbocycles. The van der Waals surface area contributed by atoms with E-state index < -0.39 is 11.6 Å². The predicted octanol–water partition coefficient (Wildman–Crippen LogP) is 1.35. The van der Waals surface area contributed by atoms with Crippen molar-refractivity contribution in [2.24, 2.45) is 0 Å². The molecule has 2 nitrogen and oxygen atoms in total. The summed E-state index contributed by atoms with van der Waals surface area (Å²) in [4.78, 5) is 1.27. The van der Waals surface area contributed by atoms with Gasteiger partial charge in [0.1, 0.15) is 18.4 Å². The van der Waals surface area contributed by atoms with Gasteiger partial charge in [-0.3, -0.25) is 0 Å². The zero-order chi connectivity index (χ0) is 9.14. The van der Waals surface area contributed by atoms with E-state index in [9.17, 15) is 8.78 Å². The number of hydrogen-bond acceptors (Lipinski definition) is 2. The van der Waals surface area contributed by atoms with Crippen LogP contribution in [0.15, 0.2) is 18.2 Å². The second kappa shape index (κ2) is 3.49. The van der Waals surface area contributed by atoms with Gasteiger partial charge in [-0.15, -0.1) is 0 Å². The molecule has 1 aromatic carbocycles. The molecule has 0 amide bonds. The number of hydrogen-bond donors (Lipinski definition) is 1. The van der Waals surface area contributed by atoms with Gasteiger partial charge in [0.2, 0.25) is 0 Å². The van der Waals surface area contributed by atoms with Crippen molar-refractivity contribution < 1.29 is 13.9 Å². The SMILES string of the molecule is CN(CO)c1ccc(F)cc1F. The minimum atomic E-state index is -0.674. The maximum Gasteiger partial charge on any atom is 0.149 e. The van der Waals surface area contributed by atoms with E-state index in [1.807, 2.05) is 0 Å². The van der Waals surface area contributed by atoms with Crippen LogP contribution in [0.25, 0.3) is 0 Å². The number of halogens is 2. The second-order valence-corrected chi connectivity index (χ2v) is 2.44. The summed E-state index contributed by atoms with van der Waals surface area (Å²) in [5.41, 5.74) is 0.180. The Kier molecular flexibility index (Phi) is 2.60. The van der Waals surface area contributed by atoms with Crippen molar-refractivity contribution >= 4 is 5.69 Å². The van der Waals surface area contributed by atoms with E-state index in [0.29, 0.717) is 0 Å². The Morgan fingerprint density at radius 2 is 2.08 bits per heavy atom. The summed E-state index contributed by atoms with van der Waals surface area (Å²) in [5.74, 6) is -1.30. The van der Waals surface area contributed by atoms with Crippen LogP contribution in [-0.2, 0) is 0 Å². The summed E-state index contributed by atoms with van der Waals surface area (Å²) in [6.45, 7) is -0.303. The molecule has 0 heterocycles. The predicted molar refractivity (Wildman–Crippen MR) is 41.8 cm³/mol.